The van der Waals surface area contributed by atoms with E-state index in [1.54, 1.807) is 18.2 Å². The van der Waals surface area contributed by atoms with Gasteiger partial charge in [-0.15, -0.1) is 0 Å². The van der Waals surface area contributed by atoms with Crippen LogP contribution in [0.4, 0.5) is 0 Å². The maximum atomic E-state index is 11.5. The van der Waals surface area contributed by atoms with Crippen molar-refractivity contribution < 1.29 is 13.2 Å². The molecule has 0 aliphatic rings. The van der Waals surface area contributed by atoms with Gasteiger partial charge in [-0.3, -0.25) is 4.79 Å². The Labute approximate surface area is 125 Å². The lowest BCUT2D eigenvalue weighted by Gasteiger charge is -2.05. The average molecular weight is 311 g/mol. The number of rotatable bonds is 7. The predicted molar refractivity (Wildman–Crippen MR) is 82.2 cm³/mol. The third-order valence-corrected chi connectivity index (χ3v) is 3.63. The lowest BCUT2D eigenvalue weighted by molar-refractivity contribution is -0.116. The SMILES string of the molecule is CN(C)C/C=C/C(=O)NCCc1ccc(S(N)(=O)=O)cc1. The lowest BCUT2D eigenvalue weighted by Crippen LogP contribution is -2.24. The third kappa shape index (κ3) is 7.03. The first kappa shape index (κ1) is 17.4. The third-order valence-electron chi connectivity index (χ3n) is 2.70. The van der Waals surface area contributed by atoms with Gasteiger partial charge in [0.1, 0.15) is 0 Å². The van der Waals surface area contributed by atoms with Crippen molar-refractivity contribution >= 4 is 15.9 Å². The van der Waals surface area contributed by atoms with Crippen LogP contribution in [0.15, 0.2) is 41.3 Å². The Balaban J connectivity index is 2.39. The van der Waals surface area contributed by atoms with Gasteiger partial charge in [0.05, 0.1) is 4.90 Å². The monoisotopic (exact) mass is 311 g/mol. The smallest absolute Gasteiger partial charge is 0.243 e. The summed E-state index contributed by atoms with van der Waals surface area (Å²) in [5.41, 5.74) is 0.931. The van der Waals surface area contributed by atoms with Gasteiger partial charge in [0.15, 0.2) is 0 Å². The summed E-state index contributed by atoms with van der Waals surface area (Å²) in [6.45, 7) is 1.20. The summed E-state index contributed by atoms with van der Waals surface area (Å²) in [5, 5.41) is 7.78. The fraction of sp³-hybridized carbons (Fsp3) is 0.357. The number of nitrogens with two attached hydrogens (primary N) is 1. The van der Waals surface area contributed by atoms with Gasteiger partial charge in [0, 0.05) is 19.2 Å². The summed E-state index contributed by atoms with van der Waals surface area (Å²) in [5.74, 6) is -0.141. The number of likely N-dealkylation sites (N-methyl/N-ethyl adjacent to an activating group) is 1. The molecule has 0 aliphatic carbocycles. The van der Waals surface area contributed by atoms with Crippen molar-refractivity contribution in [2.45, 2.75) is 11.3 Å². The van der Waals surface area contributed by atoms with Crippen LogP contribution in [0.1, 0.15) is 5.56 Å². The van der Waals surface area contributed by atoms with Crippen molar-refractivity contribution in [1.29, 1.82) is 0 Å². The minimum absolute atomic E-state index is 0.0851. The van der Waals surface area contributed by atoms with E-state index in [1.165, 1.54) is 18.2 Å². The van der Waals surface area contributed by atoms with Crippen LogP contribution < -0.4 is 10.5 Å². The molecule has 0 heterocycles. The summed E-state index contributed by atoms with van der Waals surface area (Å²) < 4.78 is 22.2. The molecule has 0 unspecified atom stereocenters. The largest absolute Gasteiger partial charge is 0.352 e. The Kier molecular flexibility index (Phi) is 6.54. The first-order chi connectivity index (χ1) is 9.79. The van der Waals surface area contributed by atoms with E-state index in [0.29, 0.717) is 19.5 Å². The van der Waals surface area contributed by atoms with Gasteiger partial charge < -0.3 is 10.2 Å². The number of primary sulfonamides is 1. The van der Waals surface area contributed by atoms with Crippen LogP contribution in [0.25, 0.3) is 0 Å². The minimum Gasteiger partial charge on any atom is -0.352 e. The Hall–Kier alpha value is -1.70. The molecule has 7 heteroatoms. The zero-order valence-electron chi connectivity index (χ0n) is 12.2. The zero-order valence-corrected chi connectivity index (χ0v) is 13.1. The second-order valence-electron chi connectivity index (χ2n) is 4.89. The van der Waals surface area contributed by atoms with E-state index in [2.05, 4.69) is 5.32 Å². The first-order valence-electron chi connectivity index (χ1n) is 6.50. The number of nitrogens with zero attached hydrogens (tertiary/aromatic N) is 1. The lowest BCUT2D eigenvalue weighted by atomic mass is 10.1. The maximum absolute atomic E-state index is 11.5. The summed E-state index contributed by atoms with van der Waals surface area (Å²) in [4.78, 5) is 13.5. The Morgan fingerprint density at radius 2 is 1.90 bits per heavy atom. The maximum Gasteiger partial charge on any atom is 0.243 e. The molecule has 0 spiro atoms. The van der Waals surface area contributed by atoms with Crippen LogP contribution in [0.5, 0.6) is 0 Å². The highest BCUT2D eigenvalue weighted by molar-refractivity contribution is 7.89. The van der Waals surface area contributed by atoms with Crippen LogP contribution in [-0.2, 0) is 21.2 Å². The molecule has 0 aromatic heterocycles. The number of amides is 1. The van der Waals surface area contributed by atoms with Crippen molar-refractivity contribution in [1.82, 2.24) is 10.2 Å². The number of carbonyl (C=O) groups excluding carboxylic acids is 1. The molecule has 1 rings (SSSR count). The second kappa shape index (κ2) is 7.92. The zero-order chi connectivity index (χ0) is 15.9. The number of hydrogen-bond donors (Lipinski definition) is 2. The normalized spacial score (nSPS) is 12.0. The molecule has 1 aromatic rings. The molecular weight excluding hydrogens is 290 g/mol. The van der Waals surface area contributed by atoms with Gasteiger partial charge in [-0.05, 0) is 38.2 Å². The van der Waals surface area contributed by atoms with Gasteiger partial charge in [-0.25, -0.2) is 13.6 Å². The molecule has 0 radical (unpaired) electrons. The fourth-order valence-corrected chi connectivity index (χ4v) is 2.12. The highest BCUT2D eigenvalue weighted by atomic mass is 32.2. The van der Waals surface area contributed by atoms with E-state index >= 15 is 0 Å². The van der Waals surface area contributed by atoms with Crippen LogP contribution >= 0.6 is 0 Å². The van der Waals surface area contributed by atoms with Crippen LogP contribution in [-0.4, -0.2) is 46.4 Å². The standard InChI is InChI=1S/C14H21N3O3S/c1-17(2)11-3-4-14(18)16-10-9-12-5-7-13(8-6-12)21(15,19)20/h3-8H,9-11H2,1-2H3,(H,16,18)(H2,15,19,20)/b4-3+. The quantitative estimate of drug-likeness (QED) is 0.699. The van der Waals surface area contributed by atoms with Crippen molar-refractivity contribution in [3.05, 3.63) is 42.0 Å². The molecule has 1 aromatic carbocycles. The Morgan fingerprint density at radius 1 is 1.29 bits per heavy atom. The summed E-state index contributed by atoms with van der Waals surface area (Å²) in [7, 11) is 0.194. The van der Waals surface area contributed by atoms with Crippen LogP contribution in [0, 0.1) is 0 Å². The van der Waals surface area contributed by atoms with Crippen molar-refractivity contribution in [3.63, 3.8) is 0 Å². The predicted octanol–water partition coefficient (Wildman–Crippen LogP) is 0.111. The number of hydrogen-bond acceptors (Lipinski definition) is 4. The summed E-state index contributed by atoms with van der Waals surface area (Å²) >= 11 is 0. The molecule has 0 saturated heterocycles. The molecule has 0 bridgehead atoms. The molecule has 0 aliphatic heterocycles. The van der Waals surface area contributed by atoms with Crippen molar-refractivity contribution in [3.8, 4) is 0 Å². The molecule has 0 saturated carbocycles. The van der Waals surface area contributed by atoms with E-state index in [9.17, 15) is 13.2 Å². The first-order valence-corrected chi connectivity index (χ1v) is 8.04. The topological polar surface area (TPSA) is 92.5 Å². The van der Waals surface area contributed by atoms with Gasteiger partial charge in [0.25, 0.3) is 0 Å². The van der Waals surface area contributed by atoms with Gasteiger partial charge in [-0.1, -0.05) is 18.2 Å². The molecule has 0 atom stereocenters. The van der Waals surface area contributed by atoms with E-state index in [4.69, 9.17) is 5.14 Å². The minimum atomic E-state index is -3.65. The number of benzene rings is 1. The number of nitrogens with one attached hydrogen (secondary N) is 1. The van der Waals surface area contributed by atoms with E-state index in [-0.39, 0.29) is 10.8 Å². The van der Waals surface area contributed by atoms with Crippen LogP contribution in [0.3, 0.4) is 0 Å². The summed E-state index contributed by atoms with van der Waals surface area (Å²) in [6, 6.07) is 6.30. The van der Waals surface area contributed by atoms with E-state index in [0.717, 1.165) is 5.56 Å². The highest BCUT2D eigenvalue weighted by Crippen LogP contribution is 2.08. The Bertz CT molecular complexity index is 592. The molecule has 6 nitrogen and oxygen atoms in total. The Morgan fingerprint density at radius 3 is 2.43 bits per heavy atom. The highest BCUT2D eigenvalue weighted by Gasteiger charge is 2.06. The average Bonchev–Trinajstić information content (AvgIpc) is 2.38. The molecule has 0 fully saturated rings. The molecule has 21 heavy (non-hydrogen) atoms. The fourth-order valence-electron chi connectivity index (χ4n) is 1.61. The van der Waals surface area contributed by atoms with Crippen molar-refractivity contribution in [2.75, 3.05) is 27.2 Å². The molecule has 1 amide bonds. The summed E-state index contributed by atoms with van der Waals surface area (Å²) in [6.07, 6.45) is 3.92. The molecule has 116 valence electrons. The second-order valence-corrected chi connectivity index (χ2v) is 6.46. The molecule has 3 N–H and O–H groups in total. The van der Waals surface area contributed by atoms with Gasteiger partial charge in [0.2, 0.25) is 15.9 Å². The van der Waals surface area contributed by atoms with E-state index in [1.807, 2.05) is 19.0 Å². The number of sulfonamides is 1. The van der Waals surface area contributed by atoms with Crippen molar-refractivity contribution in [2.24, 2.45) is 5.14 Å². The number of carbonyl (C=O) groups is 1. The molecular formula is C14H21N3O3S. The van der Waals surface area contributed by atoms with Gasteiger partial charge in [-0.2, -0.15) is 0 Å². The van der Waals surface area contributed by atoms with Gasteiger partial charge >= 0.3 is 0 Å². The van der Waals surface area contributed by atoms with Crippen LogP contribution in [0.2, 0.25) is 0 Å². The van der Waals surface area contributed by atoms with E-state index < -0.39 is 10.0 Å².